The van der Waals surface area contributed by atoms with E-state index in [1.54, 1.807) is 18.2 Å². The summed E-state index contributed by atoms with van der Waals surface area (Å²) in [6.45, 7) is 0. The number of halogens is 7. The molecule has 3 heterocycles. The molecule has 1 aromatic carbocycles. The molecule has 7 nitrogen and oxygen atoms in total. The summed E-state index contributed by atoms with van der Waals surface area (Å²) < 4.78 is 94.0. The largest absolute Gasteiger partial charge is 0.433 e. The van der Waals surface area contributed by atoms with E-state index in [2.05, 4.69) is 15.2 Å². The molecule has 0 bridgehead atoms. The van der Waals surface area contributed by atoms with Gasteiger partial charge >= 0.3 is 6.18 Å². The zero-order chi connectivity index (χ0) is 24.1. The van der Waals surface area contributed by atoms with Crippen LogP contribution in [0.2, 0.25) is 0 Å². The number of benzene rings is 1. The van der Waals surface area contributed by atoms with E-state index in [0.717, 1.165) is 6.07 Å². The lowest BCUT2D eigenvalue weighted by Gasteiger charge is -2.29. The van der Waals surface area contributed by atoms with E-state index >= 15 is 0 Å². The number of rotatable bonds is 4. The molecule has 0 spiro atoms. The van der Waals surface area contributed by atoms with Gasteiger partial charge < -0.3 is 5.11 Å². The van der Waals surface area contributed by atoms with E-state index < -0.39 is 59.8 Å². The summed E-state index contributed by atoms with van der Waals surface area (Å²) >= 11 is 0. The average Bonchev–Trinajstić information content (AvgIpc) is 3.34. The van der Waals surface area contributed by atoms with Crippen LogP contribution >= 0.6 is 0 Å². The predicted molar refractivity (Wildman–Crippen MR) is 98.6 cm³/mol. The van der Waals surface area contributed by atoms with Gasteiger partial charge in [-0.25, -0.2) is 27.1 Å². The van der Waals surface area contributed by atoms with E-state index in [-0.39, 0.29) is 15.2 Å². The average molecular weight is 475 g/mol. The van der Waals surface area contributed by atoms with Crippen molar-refractivity contribution in [3.63, 3.8) is 0 Å². The molecule has 0 unspecified atom stereocenters. The Morgan fingerprint density at radius 3 is 2.33 bits per heavy atom. The van der Waals surface area contributed by atoms with Crippen molar-refractivity contribution >= 4 is 17.3 Å². The first kappa shape index (κ1) is 22.6. The molecule has 3 aromatic rings. The number of fused-ring (bicyclic) bond motifs is 1. The van der Waals surface area contributed by atoms with Gasteiger partial charge in [-0.1, -0.05) is 30.3 Å². The molecule has 0 aliphatic carbocycles. The SMILES string of the molecule is O=C(c1cc2nc(-c3ccccc3)cc(C(F)(F)F)n2n1)N1N=C(C(F)F)C[C@]1(O)C(F)F. The number of amides is 1. The normalized spacial score (nSPS) is 19.1. The van der Waals surface area contributed by atoms with Crippen molar-refractivity contribution in [2.24, 2.45) is 5.10 Å². The van der Waals surface area contributed by atoms with Crippen molar-refractivity contribution in [3.8, 4) is 11.3 Å². The van der Waals surface area contributed by atoms with E-state index in [1.807, 2.05) is 0 Å². The molecule has 4 rings (SSSR count). The molecule has 1 N–H and O–H groups in total. The number of carbonyl (C=O) groups excluding carboxylic acids is 1. The summed E-state index contributed by atoms with van der Waals surface area (Å²) in [5, 5.41) is 16.4. The molecule has 0 saturated carbocycles. The Bertz CT molecular complexity index is 1240. The maximum atomic E-state index is 13.7. The molecule has 1 amide bonds. The van der Waals surface area contributed by atoms with Crippen LogP contribution in [0.4, 0.5) is 30.7 Å². The van der Waals surface area contributed by atoms with E-state index in [1.165, 1.54) is 12.1 Å². The highest BCUT2D eigenvalue weighted by Crippen LogP contribution is 2.35. The van der Waals surface area contributed by atoms with Crippen LogP contribution in [0.1, 0.15) is 22.6 Å². The second kappa shape index (κ2) is 7.79. The van der Waals surface area contributed by atoms with Crippen LogP contribution in [0.5, 0.6) is 0 Å². The van der Waals surface area contributed by atoms with Crippen molar-refractivity contribution < 1.29 is 40.6 Å². The number of hydrogen-bond acceptors (Lipinski definition) is 5. The van der Waals surface area contributed by atoms with Gasteiger partial charge in [0.15, 0.2) is 17.0 Å². The highest BCUT2D eigenvalue weighted by atomic mass is 19.4. The molecule has 1 atom stereocenters. The molecule has 1 aliphatic heterocycles. The number of hydrazone groups is 1. The molecule has 0 saturated heterocycles. The standard InChI is InChI=1S/C19H12F7N5O2/c20-15(21)12-8-18(33,17(22)23)31(29-12)16(32)11-7-14-27-10(9-4-2-1-3-5-9)6-13(19(24,25)26)30(14)28-11/h1-7,15,17,33H,8H2/t18-/m0/s1. The third-order valence-corrected chi connectivity index (χ3v) is 4.84. The number of hydrogen-bond donors (Lipinski definition) is 1. The Morgan fingerprint density at radius 2 is 1.76 bits per heavy atom. The van der Waals surface area contributed by atoms with Crippen molar-refractivity contribution in [2.75, 3.05) is 0 Å². The Labute approximate surface area is 179 Å². The molecular formula is C19H12F7N5O2. The lowest BCUT2D eigenvalue weighted by molar-refractivity contribution is -0.164. The molecule has 14 heteroatoms. The Hall–Kier alpha value is -3.55. The monoisotopic (exact) mass is 475 g/mol. The highest BCUT2D eigenvalue weighted by Gasteiger charge is 2.54. The number of alkyl halides is 7. The lowest BCUT2D eigenvalue weighted by atomic mass is 10.1. The Morgan fingerprint density at radius 1 is 1.09 bits per heavy atom. The van der Waals surface area contributed by atoms with Gasteiger partial charge in [0.05, 0.1) is 5.69 Å². The summed E-state index contributed by atoms with van der Waals surface area (Å²) in [5.41, 5.74) is -7.05. The van der Waals surface area contributed by atoms with Crippen LogP contribution in [-0.2, 0) is 6.18 Å². The maximum absolute atomic E-state index is 13.7. The minimum Gasteiger partial charge on any atom is -0.364 e. The third kappa shape index (κ3) is 3.90. The smallest absolute Gasteiger partial charge is 0.364 e. The zero-order valence-electron chi connectivity index (χ0n) is 16.1. The van der Waals surface area contributed by atoms with Gasteiger partial charge in [-0.3, -0.25) is 4.79 Å². The molecule has 1 aliphatic rings. The first-order chi connectivity index (χ1) is 15.4. The van der Waals surface area contributed by atoms with Crippen LogP contribution < -0.4 is 0 Å². The van der Waals surface area contributed by atoms with E-state index in [9.17, 15) is 40.6 Å². The molecule has 33 heavy (non-hydrogen) atoms. The summed E-state index contributed by atoms with van der Waals surface area (Å²) in [4.78, 5) is 16.7. The number of aromatic nitrogens is 3. The zero-order valence-corrected chi connectivity index (χ0v) is 16.1. The van der Waals surface area contributed by atoms with Gasteiger partial charge in [0.25, 0.3) is 18.8 Å². The maximum Gasteiger partial charge on any atom is 0.433 e. The minimum atomic E-state index is -4.95. The van der Waals surface area contributed by atoms with Crippen molar-refractivity contribution in [2.45, 2.75) is 31.2 Å². The fraction of sp³-hybridized carbons (Fsp3) is 0.263. The van der Waals surface area contributed by atoms with E-state index in [0.29, 0.717) is 11.6 Å². The molecule has 0 radical (unpaired) electrons. The van der Waals surface area contributed by atoms with Crippen molar-refractivity contribution in [1.82, 2.24) is 19.6 Å². The predicted octanol–water partition coefficient (Wildman–Crippen LogP) is 3.84. The van der Waals surface area contributed by atoms with Crippen LogP contribution in [-0.4, -0.2) is 54.9 Å². The van der Waals surface area contributed by atoms with Gasteiger partial charge in [0, 0.05) is 18.1 Å². The lowest BCUT2D eigenvalue weighted by Crippen LogP contribution is -2.51. The van der Waals surface area contributed by atoms with Gasteiger partial charge in [-0.2, -0.15) is 28.4 Å². The van der Waals surface area contributed by atoms with Crippen LogP contribution in [0.15, 0.2) is 47.6 Å². The fourth-order valence-corrected chi connectivity index (χ4v) is 3.25. The fourth-order valence-electron chi connectivity index (χ4n) is 3.25. The highest BCUT2D eigenvalue weighted by molar-refractivity contribution is 5.98. The summed E-state index contributed by atoms with van der Waals surface area (Å²) in [5.74, 6) is -1.60. The Kier molecular flexibility index (Phi) is 5.35. The van der Waals surface area contributed by atoms with Gasteiger partial charge in [-0.15, -0.1) is 0 Å². The van der Waals surface area contributed by atoms with Crippen molar-refractivity contribution in [1.29, 1.82) is 0 Å². The second-order valence-electron chi connectivity index (χ2n) is 7.06. The molecule has 0 fully saturated rings. The minimum absolute atomic E-state index is 0.113. The topological polar surface area (TPSA) is 83.1 Å². The summed E-state index contributed by atoms with van der Waals surface area (Å²) in [6, 6.07) is 9.20. The number of nitrogens with zero attached hydrogens (tertiary/aromatic N) is 5. The molecular weight excluding hydrogens is 463 g/mol. The first-order valence-corrected chi connectivity index (χ1v) is 9.16. The van der Waals surface area contributed by atoms with Gasteiger partial charge in [0.1, 0.15) is 5.71 Å². The van der Waals surface area contributed by atoms with Gasteiger partial charge in [-0.05, 0) is 6.07 Å². The summed E-state index contributed by atoms with van der Waals surface area (Å²) in [7, 11) is 0. The molecule has 174 valence electrons. The number of aliphatic hydroxyl groups is 1. The third-order valence-electron chi connectivity index (χ3n) is 4.84. The molecule has 2 aromatic heterocycles. The van der Waals surface area contributed by atoms with Crippen LogP contribution in [0, 0.1) is 0 Å². The first-order valence-electron chi connectivity index (χ1n) is 9.16. The second-order valence-corrected chi connectivity index (χ2v) is 7.06. The van der Waals surface area contributed by atoms with Gasteiger partial charge in [0.2, 0.25) is 5.72 Å². The number of carbonyl (C=O) groups is 1. The van der Waals surface area contributed by atoms with Crippen LogP contribution in [0.25, 0.3) is 16.9 Å². The summed E-state index contributed by atoms with van der Waals surface area (Å²) in [6.07, 6.45) is -13.3. The quantitative estimate of drug-likeness (QED) is 0.582. The van der Waals surface area contributed by atoms with Crippen molar-refractivity contribution in [3.05, 3.63) is 53.9 Å². The Balaban J connectivity index is 1.84. The van der Waals surface area contributed by atoms with Crippen LogP contribution in [0.3, 0.4) is 0 Å². The van der Waals surface area contributed by atoms with E-state index in [4.69, 9.17) is 0 Å².